The Balaban J connectivity index is 2.19. The number of nitrogens with one attached hydrogen (secondary N) is 1. The normalized spacial score (nSPS) is 18.4. The third-order valence-electron chi connectivity index (χ3n) is 2.57. The number of hydrogen-bond donors (Lipinski definition) is 2. The van der Waals surface area contributed by atoms with Crippen LogP contribution in [0.25, 0.3) is 0 Å². The number of hydrogen-bond acceptors (Lipinski definition) is 7. The quantitative estimate of drug-likeness (QED) is 0.492. The van der Waals surface area contributed by atoms with Crippen LogP contribution in [0.2, 0.25) is 0 Å². The van der Waals surface area contributed by atoms with Crippen molar-refractivity contribution >= 4 is 34.5 Å². The van der Waals surface area contributed by atoms with Gasteiger partial charge in [-0.05, 0) is 44.5 Å². The number of carbonyl (C=O) groups is 1. The van der Waals surface area contributed by atoms with Gasteiger partial charge in [-0.3, -0.25) is 0 Å². The molecule has 1 atom stereocenters. The number of hydrazine groups is 1. The third kappa shape index (κ3) is 4.19. The molecule has 22 heavy (non-hydrogen) atoms. The largest absolute Gasteiger partial charge is 0.457 e. The third-order valence-corrected chi connectivity index (χ3v) is 2.85. The van der Waals surface area contributed by atoms with Crippen LogP contribution in [0.3, 0.4) is 0 Å². The second kappa shape index (κ2) is 6.33. The zero-order chi connectivity index (χ0) is 16.3. The predicted octanol–water partition coefficient (Wildman–Crippen LogP) is 1.91. The second-order valence-electron chi connectivity index (χ2n) is 5.64. The van der Waals surface area contributed by atoms with E-state index in [1.807, 2.05) is 30.3 Å². The minimum atomic E-state index is -1.09. The molecular formula is C14H18ClN5O2. The number of anilines is 1. The van der Waals surface area contributed by atoms with Gasteiger partial charge in [0.05, 0.1) is 0 Å². The minimum absolute atomic E-state index is 0.0516. The number of guanidine groups is 1. The summed E-state index contributed by atoms with van der Waals surface area (Å²) in [7, 11) is 0. The average molecular weight is 324 g/mol. The van der Waals surface area contributed by atoms with Crippen LogP contribution in [-0.4, -0.2) is 34.0 Å². The van der Waals surface area contributed by atoms with Crippen molar-refractivity contribution in [3.63, 3.8) is 0 Å². The molecule has 118 valence electrons. The van der Waals surface area contributed by atoms with Gasteiger partial charge < -0.3 is 10.1 Å². The van der Waals surface area contributed by atoms with Crippen LogP contribution >= 0.6 is 11.6 Å². The number of nitrogens with zero attached hydrogens (tertiary/aromatic N) is 3. The summed E-state index contributed by atoms with van der Waals surface area (Å²) in [6.07, 6.45) is -1.09. The molecule has 0 amide bonds. The molecule has 7 nitrogen and oxygen atoms in total. The summed E-state index contributed by atoms with van der Waals surface area (Å²) in [5.41, 5.74) is 0.115. The van der Waals surface area contributed by atoms with Crippen LogP contribution in [-0.2, 0) is 9.53 Å². The molecule has 1 heterocycles. The lowest BCUT2D eigenvalue weighted by Gasteiger charge is -2.29. The molecule has 1 unspecified atom stereocenters. The highest BCUT2D eigenvalue weighted by molar-refractivity contribution is 6.65. The van der Waals surface area contributed by atoms with Crippen LogP contribution in [0, 0.1) is 0 Å². The SMILES string of the molecule is CC(C)(C)OC(=O)C1N=C(Nc2ccccc2)N=C(Cl)N1N. The number of nitrogens with two attached hydrogens (primary N) is 1. The van der Waals surface area contributed by atoms with Gasteiger partial charge in [0, 0.05) is 5.69 Å². The molecule has 2 rings (SSSR count). The van der Waals surface area contributed by atoms with E-state index in [0.717, 1.165) is 10.7 Å². The van der Waals surface area contributed by atoms with Crippen molar-refractivity contribution in [2.75, 3.05) is 5.32 Å². The van der Waals surface area contributed by atoms with Gasteiger partial charge in [0.25, 0.3) is 0 Å². The maximum Gasteiger partial charge on any atom is 0.353 e. The van der Waals surface area contributed by atoms with Crippen LogP contribution in [0.4, 0.5) is 5.69 Å². The number of carbonyl (C=O) groups excluding carboxylic acids is 1. The summed E-state index contributed by atoms with van der Waals surface area (Å²) >= 11 is 5.96. The summed E-state index contributed by atoms with van der Waals surface area (Å²) in [6, 6.07) is 9.27. The van der Waals surface area contributed by atoms with Gasteiger partial charge >= 0.3 is 5.97 Å². The lowest BCUT2D eigenvalue weighted by Crippen LogP contribution is -2.51. The van der Waals surface area contributed by atoms with Gasteiger partial charge in [0.1, 0.15) is 5.60 Å². The van der Waals surface area contributed by atoms with E-state index in [-0.39, 0.29) is 11.3 Å². The summed E-state index contributed by atoms with van der Waals surface area (Å²) in [5.74, 6) is 5.32. The van der Waals surface area contributed by atoms with E-state index in [0.29, 0.717) is 0 Å². The molecule has 0 aliphatic carbocycles. The van der Waals surface area contributed by atoms with Gasteiger partial charge in [-0.1, -0.05) is 18.2 Å². The van der Waals surface area contributed by atoms with Crippen LogP contribution in [0.1, 0.15) is 20.8 Å². The highest BCUT2D eigenvalue weighted by Gasteiger charge is 2.33. The highest BCUT2D eigenvalue weighted by Crippen LogP contribution is 2.16. The minimum Gasteiger partial charge on any atom is -0.457 e. The first kappa shape index (κ1) is 16.3. The molecule has 1 aliphatic rings. The molecule has 1 aliphatic heterocycles. The summed E-state index contributed by atoms with van der Waals surface area (Å²) in [4.78, 5) is 20.3. The number of halogens is 1. The van der Waals surface area contributed by atoms with E-state index in [9.17, 15) is 4.79 Å². The fraction of sp³-hybridized carbons (Fsp3) is 0.357. The summed E-state index contributed by atoms with van der Waals surface area (Å²) in [6.45, 7) is 5.28. The Labute approximate surface area is 133 Å². The number of para-hydroxylation sites is 1. The number of esters is 1. The maximum absolute atomic E-state index is 12.2. The Bertz CT molecular complexity index is 609. The van der Waals surface area contributed by atoms with E-state index in [2.05, 4.69) is 15.3 Å². The van der Waals surface area contributed by atoms with Crippen LogP contribution in [0.5, 0.6) is 0 Å². The van der Waals surface area contributed by atoms with Crippen molar-refractivity contribution < 1.29 is 9.53 Å². The first-order chi connectivity index (χ1) is 10.3. The summed E-state index contributed by atoms with van der Waals surface area (Å²) < 4.78 is 5.29. The molecule has 0 saturated carbocycles. The number of benzene rings is 1. The predicted molar refractivity (Wildman–Crippen MR) is 86.4 cm³/mol. The van der Waals surface area contributed by atoms with Gasteiger partial charge in [0.2, 0.25) is 17.4 Å². The topological polar surface area (TPSA) is 92.3 Å². The van der Waals surface area contributed by atoms with Gasteiger partial charge in [-0.15, -0.1) is 0 Å². The number of aliphatic imine (C=N–C) groups is 2. The zero-order valence-corrected chi connectivity index (χ0v) is 13.3. The molecular weight excluding hydrogens is 306 g/mol. The standard InChI is InChI=1S/C14H18ClN5O2/c1-14(2,3)22-11(21)10-18-13(19-12(15)20(10)16)17-9-7-5-4-6-8-9/h4-8,10H,16H2,1-3H3,(H,17,18). The van der Waals surface area contributed by atoms with Gasteiger partial charge in [0.15, 0.2) is 0 Å². The molecule has 0 fully saturated rings. The van der Waals surface area contributed by atoms with Crippen molar-refractivity contribution in [3.8, 4) is 0 Å². The number of amidine groups is 1. The molecule has 0 radical (unpaired) electrons. The second-order valence-corrected chi connectivity index (χ2v) is 5.98. The Morgan fingerprint density at radius 2 is 2.00 bits per heavy atom. The molecule has 3 N–H and O–H groups in total. The van der Waals surface area contributed by atoms with Crippen LogP contribution in [0.15, 0.2) is 40.3 Å². The molecule has 8 heteroatoms. The average Bonchev–Trinajstić information content (AvgIpc) is 2.41. The smallest absolute Gasteiger partial charge is 0.353 e. The van der Waals surface area contributed by atoms with Crippen LogP contribution < -0.4 is 11.2 Å². The Kier molecular flexibility index (Phi) is 4.68. The molecule has 0 spiro atoms. The summed E-state index contributed by atoms with van der Waals surface area (Å²) in [5, 5.41) is 3.88. The molecule has 1 aromatic carbocycles. The van der Waals surface area contributed by atoms with E-state index in [1.165, 1.54) is 0 Å². The molecule has 0 saturated heterocycles. The molecule has 1 aromatic rings. The van der Waals surface area contributed by atoms with E-state index >= 15 is 0 Å². The van der Waals surface area contributed by atoms with E-state index < -0.39 is 17.7 Å². The molecule has 0 bridgehead atoms. The Hall–Kier alpha value is -2.12. The first-order valence-electron chi connectivity index (χ1n) is 6.67. The lowest BCUT2D eigenvalue weighted by molar-refractivity contribution is -0.159. The lowest BCUT2D eigenvalue weighted by atomic mass is 10.2. The number of rotatable bonds is 2. The van der Waals surface area contributed by atoms with Crippen molar-refractivity contribution in [1.29, 1.82) is 0 Å². The van der Waals surface area contributed by atoms with E-state index in [4.69, 9.17) is 22.2 Å². The fourth-order valence-corrected chi connectivity index (χ4v) is 1.86. The van der Waals surface area contributed by atoms with Crippen molar-refractivity contribution in [3.05, 3.63) is 30.3 Å². The van der Waals surface area contributed by atoms with Crippen molar-refractivity contribution in [2.24, 2.45) is 15.8 Å². The van der Waals surface area contributed by atoms with Gasteiger partial charge in [-0.25, -0.2) is 20.6 Å². The monoisotopic (exact) mass is 323 g/mol. The number of ether oxygens (including phenoxy) is 1. The zero-order valence-electron chi connectivity index (χ0n) is 12.6. The van der Waals surface area contributed by atoms with Crippen molar-refractivity contribution in [1.82, 2.24) is 5.01 Å². The van der Waals surface area contributed by atoms with E-state index in [1.54, 1.807) is 20.8 Å². The Morgan fingerprint density at radius 1 is 1.36 bits per heavy atom. The highest BCUT2D eigenvalue weighted by atomic mass is 35.5. The maximum atomic E-state index is 12.2. The van der Waals surface area contributed by atoms with Crippen molar-refractivity contribution in [2.45, 2.75) is 32.5 Å². The fourth-order valence-electron chi connectivity index (χ4n) is 1.68. The van der Waals surface area contributed by atoms with Gasteiger partial charge in [-0.2, -0.15) is 4.99 Å². The first-order valence-corrected chi connectivity index (χ1v) is 7.05. The Morgan fingerprint density at radius 3 is 2.59 bits per heavy atom. The molecule has 0 aromatic heterocycles.